The van der Waals surface area contributed by atoms with Crippen LogP contribution >= 0.6 is 11.3 Å². The molecule has 0 spiro atoms. The minimum atomic E-state index is -0.160. The van der Waals surface area contributed by atoms with Crippen molar-refractivity contribution in [2.24, 2.45) is 0 Å². The van der Waals surface area contributed by atoms with Crippen LogP contribution in [0.15, 0.2) is 41.8 Å². The van der Waals surface area contributed by atoms with E-state index in [1.165, 1.54) is 10.4 Å². The summed E-state index contributed by atoms with van der Waals surface area (Å²) in [5.74, 6) is 0.137. The summed E-state index contributed by atoms with van der Waals surface area (Å²) in [6.45, 7) is 5.59. The van der Waals surface area contributed by atoms with Crippen LogP contribution in [0.25, 0.3) is 0 Å². The maximum Gasteiger partial charge on any atom is 0.225 e. The SMILES string of the molecule is CCN(Cc1cccs1)C(=O)CC1c2ccccc2CCN1C(C)=O. The van der Waals surface area contributed by atoms with Gasteiger partial charge in [-0.25, -0.2) is 0 Å². The summed E-state index contributed by atoms with van der Waals surface area (Å²) >= 11 is 1.67. The molecule has 0 bridgehead atoms. The van der Waals surface area contributed by atoms with Crippen LogP contribution in [0.3, 0.4) is 0 Å². The van der Waals surface area contributed by atoms with E-state index >= 15 is 0 Å². The summed E-state index contributed by atoms with van der Waals surface area (Å²) < 4.78 is 0. The second-order valence-electron chi connectivity index (χ2n) is 6.37. The van der Waals surface area contributed by atoms with E-state index in [2.05, 4.69) is 18.2 Å². The molecule has 1 aliphatic heterocycles. The molecular weight excluding hydrogens is 332 g/mol. The van der Waals surface area contributed by atoms with Crippen LogP contribution in [0, 0.1) is 0 Å². The highest BCUT2D eigenvalue weighted by atomic mass is 32.1. The lowest BCUT2D eigenvalue weighted by atomic mass is 9.90. The number of amides is 2. The zero-order chi connectivity index (χ0) is 17.8. The number of hydrogen-bond donors (Lipinski definition) is 0. The summed E-state index contributed by atoms with van der Waals surface area (Å²) in [6.07, 6.45) is 1.20. The Morgan fingerprint density at radius 1 is 1.24 bits per heavy atom. The van der Waals surface area contributed by atoms with Crippen molar-refractivity contribution in [1.82, 2.24) is 9.80 Å². The van der Waals surface area contributed by atoms with Crippen LogP contribution in [0.5, 0.6) is 0 Å². The van der Waals surface area contributed by atoms with Crippen molar-refractivity contribution >= 4 is 23.2 Å². The molecule has 2 amide bonds. The first-order chi connectivity index (χ1) is 12.1. The van der Waals surface area contributed by atoms with Crippen LogP contribution in [0.1, 0.15) is 42.3 Å². The molecule has 1 unspecified atom stereocenters. The monoisotopic (exact) mass is 356 g/mol. The molecule has 0 radical (unpaired) electrons. The van der Waals surface area contributed by atoms with Crippen molar-refractivity contribution in [1.29, 1.82) is 0 Å². The van der Waals surface area contributed by atoms with Crippen molar-refractivity contribution in [2.45, 2.75) is 39.3 Å². The summed E-state index contributed by atoms with van der Waals surface area (Å²) in [5, 5.41) is 2.03. The molecule has 25 heavy (non-hydrogen) atoms. The molecule has 2 aromatic rings. The van der Waals surface area contributed by atoms with Crippen LogP contribution in [0.4, 0.5) is 0 Å². The average molecular weight is 356 g/mol. The van der Waals surface area contributed by atoms with Crippen LogP contribution < -0.4 is 0 Å². The molecule has 0 saturated carbocycles. The Morgan fingerprint density at radius 3 is 2.72 bits per heavy atom. The zero-order valence-electron chi connectivity index (χ0n) is 14.8. The maximum atomic E-state index is 12.9. The molecule has 5 heteroatoms. The standard InChI is InChI=1S/C20H24N2O2S/c1-3-21(14-17-8-6-12-25-17)20(24)13-19-18-9-5-4-7-16(18)10-11-22(19)15(2)23/h4-9,12,19H,3,10-11,13-14H2,1-2H3. The molecule has 1 atom stereocenters. The summed E-state index contributed by atoms with van der Waals surface area (Å²) in [5.41, 5.74) is 2.36. The quantitative estimate of drug-likeness (QED) is 0.821. The fourth-order valence-corrected chi connectivity index (χ4v) is 4.23. The Bertz CT molecular complexity index is 742. The molecule has 132 valence electrons. The Morgan fingerprint density at radius 2 is 2.04 bits per heavy atom. The fraction of sp³-hybridized carbons (Fsp3) is 0.400. The van der Waals surface area contributed by atoms with Gasteiger partial charge >= 0.3 is 0 Å². The summed E-state index contributed by atoms with van der Waals surface area (Å²) in [6, 6.07) is 12.1. The van der Waals surface area contributed by atoms with E-state index < -0.39 is 0 Å². The van der Waals surface area contributed by atoms with Gasteiger partial charge in [0.05, 0.1) is 19.0 Å². The number of thiophene rings is 1. The number of carbonyl (C=O) groups excluding carboxylic acids is 2. The minimum absolute atomic E-state index is 0.0357. The van der Waals surface area contributed by atoms with E-state index in [4.69, 9.17) is 0 Å². The molecule has 0 saturated heterocycles. The Kier molecular flexibility index (Phi) is 5.53. The molecular formula is C20H24N2O2S. The van der Waals surface area contributed by atoms with Gasteiger partial charge in [0.25, 0.3) is 0 Å². The fourth-order valence-electron chi connectivity index (χ4n) is 3.51. The highest BCUT2D eigenvalue weighted by molar-refractivity contribution is 7.09. The second kappa shape index (κ2) is 7.83. The van der Waals surface area contributed by atoms with Crippen molar-refractivity contribution in [3.05, 3.63) is 57.8 Å². The van der Waals surface area contributed by atoms with E-state index in [0.717, 1.165) is 12.0 Å². The van der Waals surface area contributed by atoms with E-state index in [1.807, 2.05) is 40.3 Å². The van der Waals surface area contributed by atoms with Gasteiger partial charge < -0.3 is 9.80 Å². The largest absolute Gasteiger partial charge is 0.338 e. The van der Waals surface area contributed by atoms with Gasteiger partial charge in [-0.1, -0.05) is 30.3 Å². The lowest BCUT2D eigenvalue weighted by Gasteiger charge is -2.37. The third kappa shape index (κ3) is 3.93. The molecule has 1 aromatic heterocycles. The molecule has 1 aliphatic rings. The number of nitrogens with zero attached hydrogens (tertiary/aromatic N) is 2. The predicted octanol–water partition coefficient (Wildman–Crippen LogP) is 3.63. The van der Waals surface area contributed by atoms with Gasteiger partial charge in [0.15, 0.2) is 0 Å². The van der Waals surface area contributed by atoms with Gasteiger partial charge in [-0.05, 0) is 35.9 Å². The lowest BCUT2D eigenvalue weighted by molar-refractivity contribution is -0.136. The Hall–Kier alpha value is -2.14. The molecule has 4 nitrogen and oxygen atoms in total. The van der Waals surface area contributed by atoms with E-state index in [-0.39, 0.29) is 17.9 Å². The van der Waals surface area contributed by atoms with Gasteiger partial charge in [0.2, 0.25) is 11.8 Å². The van der Waals surface area contributed by atoms with E-state index in [0.29, 0.717) is 26.1 Å². The highest BCUT2D eigenvalue weighted by Crippen LogP contribution is 2.33. The van der Waals surface area contributed by atoms with Gasteiger partial charge in [0, 0.05) is 24.9 Å². The highest BCUT2D eigenvalue weighted by Gasteiger charge is 2.31. The van der Waals surface area contributed by atoms with Crippen molar-refractivity contribution in [3.8, 4) is 0 Å². The first-order valence-corrected chi connectivity index (χ1v) is 9.63. The third-order valence-corrected chi connectivity index (χ3v) is 5.71. The predicted molar refractivity (Wildman–Crippen MR) is 100 cm³/mol. The Labute approximate surface area is 153 Å². The molecule has 0 N–H and O–H groups in total. The number of carbonyl (C=O) groups is 2. The van der Waals surface area contributed by atoms with Crippen molar-refractivity contribution < 1.29 is 9.59 Å². The van der Waals surface area contributed by atoms with Crippen molar-refractivity contribution in [3.63, 3.8) is 0 Å². The molecule has 0 fully saturated rings. The third-order valence-electron chi connectivity index (χ3n) is 4.85. The molecule has 2 heterocycles. The molecule has 0 aliphatic carbocycles. The topological polar surface area (TPSA) is 40.6 Å². The van der Waals surface area contributed by atoms with Gasteiger partial charge in [-0.3, -0.25) is 9.59 Å². The second-order valence-corrected chi connectivity index (χ2v) is 7.40. The smallest absolute Gasteiger partial charge is 0.225 e. The first-order valence-electron chi connectivity index (χ1n) is 8.75. The van der Waals surface area contributed by atoms with E-state index in [1.54, 1.807) is 18.3 Å². The molecule has 3 rings (SSSR count). The number of benzene rings is 1. The van der Waals surface area contributed by atoms with Crippen LogP contribution in [-0.2, 0) is 22.6 Å². The minimum Gasteiger partial charge on any atom is -0.338 e. The summed E-state index contributed by atoms with van der Waals surface area (Å²) in [7, 11) is 0. The van der Waals surface area contributed by atoms with Gasteiger partial charge in [-0.2, -0.15) is 0 Å². The van der Waals surface area contributed by atoms with Gasteiger partial charge in [-0.15, -0.1) is 11.3 Å². The first kappa shape index (κ1) is 17.7. The van der Waals surface area contributed by atoms with Crippen molar-refractivity contribution in [2.75, 3.05) is 13.1 Å². The van der Waals surface area contributed by atoms with Crippen LogP contribution in [0.2, 0.25) is 0 Å². The molecule has 1 aromatic carbocycles. The Balaban J connectivity index is 1.80. The number of fused-ring (bicyclic) bond motifs is 1. The summed E-state index contributed by atoms with van der Waals surface area (Å²) in [4.78, 5) is 29.9. The van der Waals surface area contributed by atoms with Gasteiger partial charge in [0.1, 0.15) is 0 Å². The zero-order valence-corrected chi connectivity index (χ0v) is 15.6. The average Bonchev–Trinajstić information content (AvgIpc) is 3.12. The maximum absolute atomic E-state index is 12.9. The van der Waals surface area contributed by atoms with Crippen LogP contribution in [-0.4, -0.2) is 34.7 Å². The normalized spacial score (nSPS) is 16.4. The lowest BCUT2D eigenvalue weighted by Crippen LogP contribution is -2.42. The van der Waals surface area contributed by atoms with E-state index in [9.17, 15) is 9.59 Å². The number of rotatable bonds is 5. The number of hydrogen-bond acceptors (Lipinski definition) is 3.